The molecule has 6 rings (SSSR count). The number of aromatic amines is 1. The summed E-state index contributed by atoms with van der Waals surface area (Å²) in [4.78, 5) is 28.6. The second-order valence-electron chi connectivity index (χ2n) is 8.99. The van der Waals surface area contributed by atoms with Gasteiger partial charge in [-0.25, -0.2) is 0 Å². The minimum atomic E-state index is -1.58. The first-order valence-corrected chi connectivity index (χ1v) is 11.1. The number of nitro groups is 1. The standard InChI is InChI=1S/C26H22N4O4/c1-15-10-12-16(13-11-15)23-18(14-29(32)33)22-17-6-2-4-8-20(17)27-24(22)26(30(23)34)19-7-3-5-9-21(19)28-25(26)31/h2-13,18,23,27,34H,14H2,1H3,(H,28,31)/t18-,23+,26-/m0/s1. The molecule has 8 nitrogen and oxygen atoms in total. The molecule has 0 fully saturated rings. The van der Waals surface area contributed by atoms with Crippen molar-refractivity contribution in [3.63, 3.8) is 0 Å². The molecule has 8 heteroatoms. The second-order valence-corrected chi connectivity index (χ2v) is 8.99. The molecule has 1 spiro atoms. The molecule has 0 bridgehead atoms. The summed E-state index contributed by atoms with van der Waals surface area (Å²) < 4.78 is 0. The summed E-state index contributed by atoms with van der Waals surface area (Å²) in [5.74, 6) is -1.10. The van der Waals surface area contributed by atoms with E-state index in [4.69, 9.17) is 0 Å². The molecular weight excluding hydrogens is 432 g/mol. The van der Waals surface area contributed by atoms with Crippen LogP contribution in [0.4, 0.5) is 5.69 Å². The third kappa shape index (κ3) is 2.63. The van der Waals surface area contributed by atoms with Crippen molar-refractivity contribution in [3.8, 4) is 0 Å². The Morgan fingerprint density at radius 3 is 2.53 bits per heavy atom. The summed E-state index contributed by atoms with van der Waals surface area (Å²) in [7, 11) is 0. The maximum Gasteiger partial charge on any atom is 0.258 e. The summed E-state index contributed by atoms with van der Waals surface area (Å²) in [5.41, 5.74) is 3.28. The molecule has 170 valence electrons. The Morgan fingerprint density at radius 1 is 1.06 bits per heavy atom. The minimum Gasteiger partial charge on any atom is -0.356 e. The third-order valence-electron chi connectivity index (χ3n) is 7.13. The topological polar surface area (TPSA) is 112 Å². The number of aromatic nitrogens is 1. The second kappa shape index (κ2) is 7.24. The molecule has 0 saturated carbocycles. The Morgan fingerprint density at radius 2 is 1.76 bits per heavy atom. The van der Waals surface area contributed by atoms with Gasteiger partial charge in [-0.2, -0.15) is 5.06 Å². The van der Waals surface area contributed by atoms with Crippen LogP contribution in [0.2, 0.25) is 0 Å². The lowest BCUT2D eigenvalue weighted by Crippen LogP contribution is -2.57. The van der Waals surface area contributed by atoms with Gasteiger partial charge in [-0.1, -0.05) is 66.2 Å². The lowest BCUT2D eigenvalue weighted by molar-refractivity contribution is -0.486. The first-order chi connectivity index (χ1) is 16.4. The first kappa shape index (κ1) is 20.6. The van der Waals surface area contributed by atoms with E-state index in [0.29, 0.717) is 28.1 Å². The Bertz CT molecular complexity index is 1460. The highest BCUT2D eigenvalue weighted by Crippen LogP contribution is 2.57. The van der Waals surface area contributed by atoms with Gasteiger partial charge in [0.1, 0.15) is 0 Å². The number of para-hydroxylation sites is 2. The molecule has 0 saturated heterocycles. The van der Waals surface area contributed by atoms with Gasteiger partial charge in [0.25, 0.3) is 5.91 Å². The molecule has 1 amide bonds. The van der Waals surface area contributed by atoms with E-state index in [1.807, 2.05) is 73.7 Å². The SMILES string of the molecule is Cc1ccc([C@@H]2[C@@H](C[N+](=O)[O-])c3c([nH]c4ccccc34)[C@@]3(C(=O)Nc4ccccc43)N2O)cc1. The number of hydrogen-bond donors (Lipinski definition) is 3. The molecule has 2 aliphatic rings. The van der Waals surface area contributed by atoms with Gasteiger partial charge in [0.05, 0.1) is 17.7 Å². The van der Waals surface area contributed by atoms with Crippen molar-refractivity contribution in [2.24, 2.45) is 0 Å². The molecule has 3 aromatic carbocycles. The Labute approximate surface area is 194 Å². The van der Waals surface area contributed by atoms with E-state index in [2.05, 4.69) is 10.3 Å². The monoisotopic (exact) mass is 454 g/mol. The number of hydrogen-bond acceptors (Lipinski definition) is 5. The summed E-state index contributed by atoms with van der Waals surface area (Å²) in [6.45, 7) is 1.56. The average molecular weight is 454 g/mol. The molecule has 2 aliphatic heterocycles. The summed E-state index contributed by atoms with van der Waals surface area (Å²) in [6, 6.07) is 21.5. The van der Waals surface area contributed by atoms with Crippen LogP contribution in [0.15, 0.2) is 72.8 Å². The number of amides is 1. The maximum absolute atomic E-state index is 13.8. The minimum absolute atomic E-state index is 0.355. The zero-order chi connectivity index (χ0) is 23.6. The Hall–Kier alpha value is -4.01. The molecule has 0 radical (unpaired) electrons. The van der Waals surface area contributed by atoms with Crippen LogP contribution in [0.1, 0.15) is 39.9 Å². The molecular formula is C26H22N4O4. The highest BCUT2D eigenvalue weighted by atomic mass is 16.6. The van der Waals surface area contributed by atoms with Crippen LogP contribution >= 0.6 is 0 Å². The molecule has 3 heterocycles. The van der Waals surface area contributed by atoms with Gasteiger partial charge in [0, 0.05) is 27.1 Å². The number of nitrogens with zero attached hydrogens (tertiary/aromatic N) is 2. The fourth-order valence-electron chi connectivity index (χ4n) is 5.69. The Balaban J connectivity index is 1.73. The zero-order valence-electron chi connectivity index (χ0n) is 18.4. The van der Waals surface area contributed by atoms with E-state index < -0.39 is 30.0 Å². The van der Waals surface area contributed by atoms with Crippen LogP contribution in [0.25, 0.3) is 10.9 Å². The van der Waals surface area contributed by atoms with Gasteiger partial charge in [-0.3, -0.25) is 14.9 Å². The van der Waals surface area contributed by atoms with Crippen molar-refractivity contribution in [2.45, 2.75) is 24.4 Å². The predicted molar refractivity (Wildman–Crippen MR) is 126 cm³/mol. The number of fused-ring (bicyclic) bond motifs is 6. The van der Waals surface area contributed by atoms with Crippen LogP contribution in [-0.4, -0.2) is 32.6 Å². The van der Waals surface area contributed by atoms with Crippen molar-refractivity contribution in [2.75, 3.05) is 11.9 Å². The number of aryl methyl sites for hydroxylation is 1. The number of carbonyl (C=O) groups excluding carboxylic acids is 1. The van der Waals surface area contributed by atoms with Gasteiger partial charge in [-0.05, 0) is 30.2 Å². The van der Waals surface area contributed by atoms with Crippen LogP contribution in [0, 0.1) is 17.0 Å². The van der Waals surface area contributed by atoms with E-state index in [0.717, 1.165) is 21.5 Å². The first-order valence-electron chi connectivity index (χ1n) is 11.1. The predicted octanol–water partition coefficient (Wildman–Crippen LogP) is 4.48. The van der Waals surface area contributed by atoms with Crippen LogP contribution in [-0.2, 0) is 10.3 Å². The normalized spacial score (nSPS) is 23.6. The molecule has 34 heavy (non-hydrogen) atoms. The van der Waals surface area contributed by atoms with E-state index in [1.54, 1.807) is 6.07 Å². The van der Waals surface area contributed by atoms with Crippen LogP contribution < -0.4 is 5.32 Å². The largest absolute Gasteiger partial charge is 0.356 e. The molecule has 3 N–H and O–H groups in total. The van der Waals surface area contributed by atoms with Crippen LogP contribution in [0.5, 0.6) is 0 Å². The fraction of sp³-hybridized carbons (Fsp3) is 0.192. The van der Waals surface area contributed by atoms with Crippen molar-refractivity contribution < 1.29 is 14.9 Å². The van der Waals surface area contributed by atoms with Crippen molar-refractivity contribution in [1.82, 2.24) is 10.0 Å². The van der Waals surface area contributed by atoms with Gasteiger partial charge >= 0.3 is 0 Å². The van der Waals surface area contributed by atoms with Crippen molar-refractivity contribution in [1.29, 1.82) is 0 Å². The zero-order valence-corrected chi connectivity index (χ0v) is 18.4. The Kier molecular flexibility index (Phi) is 4.39. The lowest BCUT2D eigenvalue weighted by Gasteiger charge is -2.46. The van der Waals surface area contributed by atoms with Gasteiger partial charge < -0.3 is 15.5 Å². The molecule has 3 atom stereocenters. The molecule has 0 aliphatic carbocycles. The lowest BCUT2D eigenvalue weighted by atomic mass is 9.72. The van der Waals surface area contributed by atoms with Gasteiger partial charge in [0.2, 0.25) is 6.54 Å². The number of benzene rings is 3. The van der Waals surface area contributed by atoms with E-state index in [9.17, 15) is 20.1 Å². The average Bonchev–Trinajstić information content (AvgIpc) is 3.34. The van der Waals surface area contributed by atoms with E-state index in [-0.39, 0.29) is 4.92 Å². The fourth-order valence-corrected chi connectivity index (χ4v) is 5.69. The number of nitrogens with one attached hydrogen (secondary N) is 2. The van der Waals surface area contributed by atoms with Crippen molar-refractivity contribution >= 4 is 22.5 Å². The number of carbonyl (C=O) groups is 1. The number of anilines is 1. The van der Waals surface area contributed by atoms with E-state index >= 15 is 0 Å². The number of hydroxylamine groups is 2. The summed E-state index contributed by atoms with van der Waals surface area (Å²) in [5, 5.41) is 28.6. The van der Waals surface area contributed by atoms with Gasteiger partial charge in [0.15, 0.2) is 5.54 Å². The maximum atomic E-state index is 13.8. The quantitative estimate of drug-likeness (QED) is 0.312. The highest BCUT2D eigenvalue weighted by molar-refractivity contribution is 6.09. The molecule has 1 aromatic heterocycles. The smallest absolute Gasteiger partial charge is 0.258 e. The molecule has 0 unspecified atom stereocenters. The number of rotatable bonds is 3. The van der Waals surface area contributed by atoms with Crippen molar-refractivity contribution in [3.05, 3.63) is 111 Å². The number of H-pyrrole nitrogens is 1. The molecule has 4 aromatic rings. The summed E-state index contributed by atoms with van der Waals surface area (Å²) in [6.07, 6.45) is 0. The highest BCUT2D eigenvalue weighted by Gasteiger charge is 2.62. The third-order valence-corrected chi connectivity index (χ3v) is 7.13. The van der Waals surface area contributed by atoms with E-state index in [1.165, 1.54) is 0 Å². The van der Waals surface area contributed by atoms with Crippen LogP contribution in [0.3, 0.4) is 0 Å². The van der Waals surface area contributed by atoms with Gasteiger partial charge in [-0.15, -0.1) is 0 Å². The summed E-state index contributed by atoms with van der Waals surface area (Å²) >= 11 is 0.